The predicted octanol–water partition coefficient (Wildman–Crippen LogP) is 0.432. The Bertz CT molecular complexity index is 403. The van der Waals surface area contributed by atoms with Crippen LogP contribution in [0.1, 0.15) is 13.8 Å². The predicted molar refractivity (Wildman–Crippen MR) is 68.7 cm³/mol. The number of rotatable bonds is 3. The summed E-state index contributed by atoms with van der Waals surface area (Å²) in [5, 5.41) is 0. The zero-order valence-corrected chi connectivity index (χ0v) is 10.7. The number of aromatic nitrogens is 2. The summed E-state index contributed by atoms with van der Waals surface area (Å²) in [5.74, 6) is 5.38. The van der Waals surface area contributed by atoms with Gasteiger partial charge in [-0.15, -0.1) is 0 Å². The molecule has 0 atom stereocenters. The molecule has 0 saturated carbocycles. The van der Waals surface area contributed by atoms with Crippen molar-refractivity contribution >= 4 is 11.8 Å². The van der Waals surface area contributed by atoms with Gasteiger partial charge in [0.25, 0.3) is 0 Å². The van der Waals surface area contributed by atoms with Gasteiger partial charge in [-0.1, -0.05) is 0 Å². The van der Waals surface area contributed by atoms with Gasteiger partial charge in [-0.05, 0) is 13.8 Å². The van der Waals surface area contributed by atoms with Crippen LogP contribution in [0.4, 0.5) is 16.2 Å². The molecule has 1 aliphatic heterocycles. The van der Waals surface area contributed by atoms with Crippen molar-refractivity contribution in [3.8, 4) is 0 Å². The van der Waals surface area contributed by atoms with Crippen molar-refractivity contribution in [2.24, 2.45) is 5.84 Å². The maximum Gasteiger partial charge on any atom is 0.239 e. The Kier molecular flexibility index (Phi) is 3.93. The van der Waals surface area contributed by atoms with Crippen LogP contribution in [0.25, 0.3) is 0 Å². The van der Waals surface area contributed by atoms with Crippen LogP contribution in [-0.2, 0) is 0 Å². The Morgan fingerprint density at radius 2 is 2.00 bits per heavy atom. The van der Waals surface area contributed by atoms with Gasteiger partial charge in [0.1, 0.15) is 0 Å². The van der Waals surface area contributed by atoms with E-state index in [9.17, 15) is 4.39 Å². The lowest BCUT2D eigenvalue weighted by molar-refractivity contribution is 0.208. The molecule has 18 heavy (non-hydrogen) atoms. The Labute approximate surface area is 106 Å². The second kappa shape index (κ2) is 5.45. The zero-order valence-electron chi connectivity index (χ0n) is 10.7. The Hall–Kier alpha value is -1.47. The molecular formula is C11H19FN6. The van der Waals surface area contributed by atoms with Crippen molar-refractivity contribution in [2.75, 3.05) is 36.5 Å². The fourth-order valence-corrected chi connectivity index (χ4v) is 2.10. The van der Waals surface area contributed by atoms with Gasteiger partial charge < -0.3 is 4.90 Å². The number of nitrogens with zero attached hydrogens (tertiary/aromatic N) is 4. The largest absolute Gasteiger partial charge is 0.351 e. The highest BCUT2D eigenvalue weighted by atomic mass is 19.1. The number of hydrazine groups is 1. The molecule has 0 aliphatic carbocycles. The molecule has 2 heterocycles. The standard InChI is InChI=1S/C11H19FN6/c1-8(2)17-3-5-18(6-4-17)10-9(12)7-14-11(15-10)16-13/h7-8H,3-6,13H2,1-2H3,(H,14,15,16). The first-order valence-corrected chi connectivity index (χ1v) is 6.10. The molecule has 3 N–H and O–H groups in total. The van der Waals surface area contributed by atoms with Crippen LogP contribution in [0, 0.1) is 5.82 Å². The second-order valence-electron chi connectivity index (χ2n) is 4.63. The minimum Gasteiger partial charge on any atom is -0.351 e. The van der Waals surface area contributed by atoms with Crippen LogP contribution in [0.5, 0.6) is 0 Å². The quantitative estimate of drug-likeness (QED) is 0.602. The third-order valence-electron chi connectivity index (χ3n) is 3.20. The molecule has 0 radical (unpaired) electrons. The number of nitrogens with two attached hydrogens (primary N) is 1. The van der Waals surface area contributed by atoms with Crippen molar-refractivity contribution in [1.82, 2.24) is 14.9 Å². The molecular weight excluding hydrogens is 235 g/mol. The Morgan fingerprint density at radius 1 is 1.33 bits per heavy atom. The zero-order chi connectivity index (χ0) is 13.1. The molecule has 0 aromatic carbocycles. The number of hydrogen-bond acceptors (Lipinski definition) is 6. The van der Waals surface area contributed by atoms with E-state index in [4.69, 9.17) is 5.84 Å². The van der Waals surface area contributed by atoms with Crippen molar-refractivity contribution in [1.29, 1.82) is 0 Å². The topological polar surface area (TPSA) is 70.3 Å². The van der Waals surface area contributed by atoms with Crippen LogP contribution >= 0.6 is 0 Å². The smallest absolute Gasteiger partial charge is 0.239 e. The first-order valence-electron chi connectivity index (χ1n) is 6.10. The van der Waals surface area contributed by atoms with Crippen molar-refractivity contribution in [3.63, 3.8) is 0 Å². The first kappa shape index (κ1) is 13.0. The molecule has 6 nitrogen and oxygen atoms in total. The van der Waals surface area contributed by atoms with Gasteiger partial charge in [0.15, 0.2) is 11.6 Å². The number of hydrogen-bond donors (Lipinski definition) is 2. The fourth-order valence-electron chi connectivity index (χ4n) is 2.10. The highest BCUT2D eigenvalue weighted by Gasteiger charge is 2.22. The molecule has 0 spiro atoms. The summed E-state index contributed by atoms with van der Waals surface area (Å²) < 4.78 is 13.7. The third kappa shape index (κ3) is 2.68. The van der Waals surface area contributed by atoms with Crippen molar-refractivity contribution < 1.29 is 4.39 Å². The van der Waals surface area contributed by atoms with E-state index in [1.807, 2.05) is 4.90 Å². The SMILES string of the molecule is CC(C)N1CCN(c2nc(NN)ncc2F)CC1. The van der Waals surface area contributed by atoms with E-state index >= 15 is 0 Å². The van der Waals surface area contributed by atoms with Crippen LogP contribution < -0.4 is 16.2 Å². The number of nitrogen functional groups attached to an aromatic ring is 1. The fraction of sp³-hybridized carbons (Fsp3) is 0.636. The van der Waals surface area contributed by atoms with E-state index in [-0.39, 0.29) is 5.95 Å². The van der Waals surface area contributed by atoms with E-state index in [1.54, 1.807) is 0 Å². The third-order valence-corrected chi connectivity index (χ3v) is 3.20. The number of piperazine rings is 1. The summed E-state index contributed by atoms with van der Waals surface area (Å²) in [6.45, 7) is 7.67. The molecule has 1 aromatic heterocycles. The van der Waals surface area contributed by atoms with Crippen LogP contribution in [0.15, 0.2) is 6.20 Å². The molecule has 7 heteroatoms. The summed E-state index contributed by atoms with van der Waals surface area (Å²) in [7, 11) is 0. The van der Waals surface area contributed by atoms with E-state index < -0.39 is 5.82 Å². The normalized spacial score (nSPS) is 17.3. The Balaban J connectivity index is 2.09. The molecule has 1 aliphatic rings. The van der Waals surface area contributed by atoms with E-state index in [2.05, 4.69) is 34.1 Å². The van der Waals surface area contributed by atoms with Gasteiger partial charge in [-0.3, -0.25) is 10.3 Å². The number of anilines is 2. The van der Waals surface area contributed by atoms with E-state index in [1.165, 1.54) is 0 Å². The number of nitrogens with one attached hydrogen (secondary N) is 1. The molecule has 100 valence electrons. The highest BCUT2D eigenvalue weighted by molar-refractivity contribution is 5.44. The lowest BCUT2D eigenvalue weighted by Crippen LogP contribution is -2.49. The minimum atomic E-state index is -0.410. The van der Waals surface area contributed by atoms with E-state index in [0.717, 1.165) is 32.4 Å². The van der Waals surface area contributed by atoms with Gasteiger partial charge in [0, 0.05) is 32.2 Å². The molecule has 0 bridgehead atoms. The summed E-state index contributed by atoms with van der Waals surface area (Å²) >= 11 is 0. The monoisotopic (exact) mass is 254 g/mol. The summed E-state index contributed by atoms with van der Waals surface area (Å²) in [6, 6.07) is 0.517. The maximum absolute atomic E-state index is 13.7. The van der Waals surface area contributed by atoms with Crippen molar-refractivity contribution in [3.05, 3.63) is 12.0 Å². The van der Waals surface area contributed by atoms with E-state index in [0.29, 0.717) is 11.9 Å². The summed E-state index contributed by atoms with van der Waals surface area (Å²) in [5.41, 5.74) is 2.33. The van der Waals surface area contributed by atoms with Crippen molar-refractivity contribution in [2.45, 2.75) is 19.9 Å². The molecule has 1 fully saturated rings. The van der Waals surface area contributed by atoms with Gasteiger partial charge in [0.2, 0.25) is 5.95 Å². The summed E-state index contributed by atoms with van der Waals surface area (Å²) in [4.78, 5) is 12.1. The first-order chi connectivity index (χ1) is 8.61. The molecule has 2 rings (SSSR count). The lowest BCUT2D eigenvalue weighted by atomic mass is 10.2. The minimum absolute atomic E-state index is 0.234. The van der Waals surface area contributed by atoms with Crippen LogP contribution in [-0.4, -0.2) is 47.1 Å². The average Bonchev–Trinajstić information content (AvgIpc) is 2.39. The van der Waals surface area contributed by atoms with Crippen LogP contribution in [0.2, 0.25) is 0 Å². The van der Waals surface area contributed by atoms with Gasteiger partial charge in [-0.25, -0.2) is 15.2 Å². The molecule has 0 unspecified atom stereocenters. The number of halogens is 1. The lowest BCUT2D eigenvalue weighted by Gasteiger charge is -2.37. The maximum atomic E-state index is 13.7. The summed E-state index contributed by atoms with van der Waals surface area (Å²) in [6.07, 6.45) is 1.15. The van der Waals surface area contributed by atoms with Gasteiger partial charge >= 0.3 is 0 Å². The Morgan fingerprint density at radius 3 is 2.56 bits per heavy atom. The second-order valence-corrected chi connectivity index (χ2v) is 4.63. The average molecular weight is 254 g/mol. The van der Waals surface area contributed by atoms with Gasteiger partial charge in [-0.2, -0.15) is 4.98 Å². The highest BCUT2D eigenvalue weighted by Crippen LogP contribution is 2.19. The molecule has 1 aromatic rings. The van der Waals surface area contributed by atoms with Crippen LogP contribution in [0.3, 0.4) is 0 Å². The van der Waals surface area contributed by atoms with Gasteiger partial charge in [0.05, 0.1) is 6.20 Å². The molecule has 0 amide bonds. The molecule has 1 saturated heterocycles.